The predicted octanol–water partition coefficient (Wildman–Crippen LogP) is 3.51. The van der Waals surface area contributed by atoms with Crippen molar-refractivity contribution < 1.29 is 9.84 Å². The second-order valence-corrected chi connectivity index (χ2v) is 5.82. The maximum absolute atomic E-state index is 10.6. The van der Waals surface area contributed by atoms with E-state index in [1.807, 2.05) is 22.9 Å². The van der Waals surface area contributed by atoms with Crippen LogP contribution in [0.15, 0.2) is 28.7 Å². The maximum Gasteiger partial charge on any atom is 0.124 e. The predicted molar refractivity (Wildman–Crippen MR) is 86.6 cm³/mol. The molecule has 1 aromatic carbocycles. The number of methoxy groups -OCH3 is 1. The van der Waals surface area contributed by atoms with Crippen LogP contribution in [0.2, 0.25) is 0 Å². The molecule has 0 amide bonds. The molecule has 0 spiro atoms. The third kappa shape index (κ3) is 3.66. The van der Waals surface area contributed by atoms with Gasteiger partial charge in [-0.1, -0.05) is 22.9 Å². The highest BCUT2D eigenvalue weighted by atomic mass is 79.9. The molecule has 4 nitrogen and oxygen atoms in total. The van der Waals surface area contributed by atoms with Crippen molar-refractivity contribution in [2.75, 3.05) is 7.11 Å². The Morgan fingerprint density at radius 2 is 2.10 bits per heavy atom. The monoisotopic (exact) mass is 352 g/mol. The molecular weight excluding hydrogens is 332 g/mol. The van der Waals surface area contributed by atoms with E-state index >= 15 is 0 Å². The van der Waals surface area contributed by atoms with Crippen molar-refractivity contribution in [1.82, 2.24) is 9.78 Å². The summed E-state index contributed by atoms with van der Waals surface area (Å²) >= 11 is 3.44. The SMILES string of the molecule is CCc1cc(CC(O)c2cc(Br)ccc2OC)n(CC)n1. The molecule has 5 heteroatoms. The molecular formula is C16H21BrN2O2. The summed E-state index contributed by atoms with van der Waals surface area (Å²) in [5.74, 6) is 0.698. The molecule has 2 aromatic rings. The first-order chi connectivity index (χ1) is 10.1. The largest absolute Gasteiger partial charge is 0.496 e. The van der Waals surface area contributed by atoms with Gasteiger partial charge in [-0.15, -0.1) is 0 Å². The third-order valence-electron chi connectivity index (χ3n) is 3.53. The van der Waals surface area contributed by atoms with Crippen LogP contribution in [0.5, 0.6) is 5.75 Å². The minimum Gasteiger partial charge on any atom is -0.496 e. The molecule has 0 radical (unpaired) electrons. The Morgan fingerprint density at radius 3 is 2.71 bits per heavy atom. The van der Waals surface area contributed by atoms with Gasteiger partial charge >= 0.3 is 0 Å². The van der Waals surface area contributed by atoms with Crippen molar-refractivity contribution >= 4 is 15.9 Å². The summed E-state index contributed by atoms with van der Waals surface area (Å²) in [6.07, 6.45) is 0.799. The van der Waals surface area contributed by atoms with E-state index in [2.05, 4.69) is 40.9 Å². The van der Waals surface area contributed by atoms with E-state index < -0.39 is 6.10 Å². The van der Waals surface area contributed by atoms with Crippen LogP contribution in [0.25, 0.3) is 0 Å². The molecule has 2 rings (SSSR count). The number of aryl methyl sites for hydroxylation is 2. The van der Waals surface area contributed by atoms with E-state index in [0.29, 0.717) is 12.2 Å². The first-order valence-electron chi connectivity index (χ1n) is 7.16. The fourth-order valence-electron chi connectivity index (χ4n) is 2.40. The number of rotatable bonds is 6. The van der Waals surface area contributed by atoms with E-state index in [-0.39, 0.29) is 0 Å². The number of hydrogen-bond donors (Lipinski definition) is 1. The van der Waals surface area contributed by atoms with Gasteiger partial charge in [-0.3, -0.25) is 4.68 Å². The van der Waals surface area contributed by atoms with Gasteiger partial charge < -0.3 is 9.84 Å². The molecule has 0 saturated carbocycles. The normalized spacial score (nSPS) is 12.4. The smallest absolute Gasteiger partial charge is 0.124 e. The quantitative estimate of drug-likeness (QED) is 0.865. The highest BCUT2D eigenvalue weighted by molar-refractivity contribution is 9.10. The van der Waals surface area contributed by atoms with Gasteiger partial charge in [-0.2, -0.15) is 5.10 Å². The van der Waals surface area contributed by atoms with E-state index in [1.165, 1.54) is 0 Å². The van der Waals surface area contributed by atoms with Crippen molar-refractivity contribution in [1.29, 1.82) is 0 Å². The van der Waals surface area contributed by atoms with E-state index in [4.69, 9.17) is 4.74 Å². The second-order valence-electron chi connectivity index (χ2n) is 4.90. The summed E-state index contributed by atoms with van der Waals surface area (Å²) in [4.78, 5) is 0. The highest BCUT2D eigenvalue weighted by Gasteiger charge is 2.17. The lowest BCUT2D eigenvalue weighted by Crippen LogP contribution is -2.09. The average molecular weight is 353 g/mol. The molecule has 0 aliphatic heterocycles. The zero-order valence-electron chi connectivity index (χ0n) is 12.6. The number of aliphatic hydroxyl groups is 1. The molecule has 0 fully saturated rings. The van der Waals surface area contributed by atoms with Crippen LogP contribution < -0.4 is 4.74 Å². The molecule has 0 aliphatic rings. The van der Waals surface area contributed by atoms with Crippen molar-refractivity contribution in [3.8, 4) is 5.75 Å². The Bertz CT molecular complexity index is 610. The van der Waals surface area contributed by atoms with Crippen LogP contribution in [0, 0.1) is 0 Å². The summed E-state index contributed by atoms with van der Waals surface area (Å²) in [6, 6.07) is 7.73. The first-order valence-corrected chi connectivity index (χ1v) is 7.95. The van der Waals surface area contributed by atoms with Gasteiger partial charge in [0.1, 0.15) is 5.75 Å². The molecule has 1 N–H and O–H groups in total. The molecule has 0 aliphatic carbocycles. The lowest BCUT2D eigenvalue weighted by molar-refractivity contribution is 0.171. The second kappa shape index (κ2) is 7.09. The van der Waals surface area contributed by atoms with Gasteiger partial charge in [0.2, 0.25) is 0 Å². The summed E-state index contributed by atoms with van der Waals surface area (Å²) in [5, 5.41) is 15.1. The number of ether oxygens (including phenoxy) is 1. The number of nitrogens with zero attached hydrogens (tertiary/aromatic N) is 2. The Hall–Kier alpha value is -1.33. The molecule has 21 heavy (non-hydrogen) atoms. The van der Waals surface area contributed by atoms with Crippen LogP contribution in [-0.2, 0) is 19.4 Å². The van der Waals surface area contributed by atoms with Crippen LogP contribution >= 0.6 is 15.9 Å². The van der Waals surface area contributed by atoms with Crippen molar-refractivity contribution in [3.63, 3.8) is 0 Å². The fraction of sp³-hybridized carbons (Fsp3) is 0.438. The Kier molecular flexibility index (Phi) is 5.42. The summed E-state index contributed by atoms with van der Waals surface area (Å²) in [7, 11) is 1.62. The highest BCUT2D eigenvalue weighted by Crippen LogP contribution is 2.30. The third-order valence-corrected chi connectivity index (χ3v) is 4.02. The van der Waals surface area contributed by atoms with Crippen LogP contribution in [0.3, 0.4) is 0 Å². The number of benzene rings is 1. The summed E-state index contributed by atoms with van der Waals surface area (Å²) in [6.45, 7) is 4.94. The van der Waals surface area contributed by atoms with E-state index in [1.54, 1.807) is 7.11 Å². The Balaban J connectivity index is 2.27. The number of halogens is 1. The number of aromatic nitrogens is 2. The average Bonchev–Trinajstić information content (AvgIpc) is 2.89. The minimum atomic E-state index is -0.621. The molecule has 1 heterocycles. The lowest BCUT2D eigenvalue weighted by Gasteiger charge is -2.15. The van der Waals surface area contributed by atoms with Crippen molar-refractivity contribution in [2.45, 2.75) is 39.3 Å². The topological polar surface area (TPSA) is 47.3 Å². The molecule has 114 valence electrons. The van der Waals surface area contributed by atoms with Crippen molar-refractivity contribution in [2.24, 2.45) is 0 Å². The number of hydrogen-bond acceptors (Lipinski definition) is 3. The zero-order chi connectivity index (χ0) is 15.4. The standard InChI is InChI=1S/C16H21BrN2O2/c1-4-12-9-13(19(5-2)18-12)10-15(20)14-8-11(17)6-7-16(14)21-3/h6-9,15,20H,4-5,10H2,1-3H3. The van der Waals surface area contributed by atoms with E-state index in [9.17, 15) is 5.11 Å². The molecule has 0 saturated heterocycles. The van der Waals surface area contributed by atoms with E-state index in [0.717, 1.165) is 34.4 Å². The first kappa shape index (κ1) is 16.0. The maximum atomic E-state index is 10.6. The van der Waals surface area contributed by atoms with Crippen molar-refractivity contribution in [3.05, 3.63) is 45.7 Å². The number of aliphatic hydroxyl groups excluding tert-OH is 1. The van der Waals surface area contributed by atoms with Crippen LogP contribution in [-0.4, -0.2) is 22.0 Å². The molecule has 1 aromatic heterocycles. The fourth-order valence-corrected chi connectivity index (χ4v) is 2.78. The molecule has 1 unspecified atom stereocenters. The Morgan fingerprint density at radius 1 is 1.33 bits per heavy atom. The van der Waals surface area contributed by atoms with Gasteiger partial charge in [0.15, 0.2) is 0 Å². The lowest BCUT2D eigenvalue weighted by atomic mass is 10.0. The van der Waals surface area contributed by atoms with Gasteiger partial charge in [0.05, 0.1) is 18.9 Å². The molecule has 0 bridgehead atoms. The van der Waals surface area contributed by atoms with Gasteiger partial charge in [-0.05, 0) is 37.6 Å². The van der Waals surface area contributed by atoms with Crippen LogP contribution in [0.1, 0.15) is 36.9 Å². The minimum absolute atomic E-state index is 0.521. The summed E-state index contributed by atoms with van der Waals surface area (Å²) < 4.78 is 8.22. The van der Waals surface area contributed by atoms with Gasteiger partial charge in [0.25, 0.3) is 0 Å². The van der Waals surface area contributed by atoms with Gasteiger partial charge in [0, 0.05) is 28.7 Å². The van der Waals surface area contributed by atoms with Crippen LogP contribution in [0.4, 0.5) is 0 Å². The van der Waals surface area contributed by atoms with Gasteiger partial charge in [-0.25, -0.2) is 0 Å². The zero-order valence-corrected chi connectivity index (χ0v) is 14.2. The Labute approximate surface area is 133 Å². The molecule has 1 atom stereocenters. The summed E-state index contributed by atoms with van der Waals surface area (Å²) in [5.41, 5.74) is 2.89.